The average Bonchev–Trinajstić information content (AvgIpc) is 2.51. The predicted octanol–water partition coefficient (Wildman–Crippen LogP) is 2.51. The lowest BCUT2D eigenvalue weighted by molar-refractivity contribution is -0.114. The molecule has 1 heterocycles. The molecule has 21 heavy (non-hydrogen) atoms. The monoisotopic (exact) mass is 279 g/mol. The standard InChI is InChI=1S/C17H13NO3/c1-21-12-6-4-5-11(9-12)10-15-13-7-2-3-8-14(13)16(19)18-17(15)20/h2-10H,1H3,(H,18,19,20). The molecule has 0 saturated carbocycles. The summed E-state index contributed by atoms with van der Waals surface area (Å²) in [5, 5.41) is 2.36. The highest BCUT2D eigenvalue weighted by Gasteiger charge is 2.26. The van der Waals surface area contributed by atoms with Crippen molar-refractivity contribution >= 4 is 23.5 Å². The van der Waals surface area contributed by atoms with E-state index in [1.54, 1.807) is 31.4 Å². The molecule has 0 fully saturated rings. The van der Waals surface area contributed by atoms with Crippen LogP contribution in [0.15, 0.2) is 48.5 Å². The fourth-order valence-electron chi connectivity index (χ4n) is 2.32. The van der Waals surface area contributed by atoms with Gasteiger partial charge in [-0.1, -0.05) is 30.3 Å². The average molecular weight is 279 g/mol. The molecule has 0 spiro atoms. The van der Waals surface area contributed by atoms with E-state index in [2.05, 4.69) is 5.32 Å². The van der Waals surface area contributed by atoms with Gasteiger partial charge in [0.1, 0.15) is 5.75 Å². The number of imide groups is 1. The maximum absolute atomic E-state index is 12.1. The van der Waals surface area contributed by atoms with E-state index >= 15 is 0 Å². The van der Waals surface area contributed by atoms with Gasteiger partial charge in [-0.3, -0.25) is 14.9 Å². The van der Waals surface area contributed by atoms with E-state index in [1.165, 1.54) is 0 Å². The van der Waals surface area contributed by atoms with Crippen LogP contribution in [0.4, 0.5) is 0 Å². The van der Waals surface area contributed by atoms with Crippen LogP contribution < -0.4 is 10.1 Å². The molecule has 104 valence electrons. The molecule has 0 unspecified atom stereocenters. The van der Waals surface area contributed by atoms with Gasteiger partial charge in [0.25, 0.3) is 11.8 Å². The summed E-state index contributed by atoms with van der Waals surface area (Å²) in [7, 11) is 1.59. The Bertz CT molecular complexity index is 762. The zero-order valence-corrected chi connectivity index (χ0v) is 11.4. The van der Waals surface area contributed by atoms with Gasteiger partial charge >= 0.3 is 0 Å². The number of rotatable bonds is 2. The zero-order chi connectivity index (χ0) is 14.8. The van der Waals surface area contributed by atoms with E-state index in [-0.39, 0.29) is 11.8 Å². The lowest BCUT2D eigenvalue weighted by atomic mass is 9.93. The number of ether oxygens (including phenoxy) is 1. The van der Waals surface area contributed by atoms with Gasteiger partial charge in [0.2, 0.25) is 0 Å². The van der Waals surface area contributed by atoms with Crippen LogP contribution in [0.3, 0.4) is 0 Å². The lowest BCUT2D eigenvalue weighted by Gasteiger charge is -2.18. The molecule has 4 heteroatoms. The summed E-state index contributed by atoms with van der Waals surface area (Å²) in [6.07, 6.45) is 1.75. The minimum Gasteiger partial charge on any atom is -0.497 e. The summed E-state index contributed by atoms with van der Waals surface area (Å²) < 4.78 is 5.17. The van der Waals surface area contributed by atoms with Crippen molar-refractivity contribution in [1.82, 2.24) is 5.32 Å². The third kappa shape index (κ3) is 2.43. The molecule has 0 saturated heterocycles. The summed E-state index contributed by atoms with van der Waals surface area (Å²) >= 11 is 0. The lowest BCUT2D eigenvalue weighted by Crippen LogP contribution is -2.36. The number of carbonyl (C=O) groups is 2. The molecular weight excluding hydrogens is 266 g/mol. The van der Waals surface area contributed by atoms with Gasteiger partial charge in [-0.25, -0.2) is 0 Å². The first-order chi connectivity index (χ1) is 10.2. The van der Waals surface area contributed by atoms with Crippen molar-refractivity contribution in [3.63, 3.8) is 0 Å². The third-order valence-corrected chi connectivity index (χ3v) is 3.34. The molecule has 0 bridgehead atoms. The van der Waals surface area contributed by atoms with Crippen molar-refractivity contribution in [1.29, 1.82) is 0 Å². The van der Waals surface area contributed by atoms with Crippen LogP contribution in [0.2, 0.25) is 0 Å². The van der Waals surface area contributed by atoms with Crippen molar-refractivity contribution in [2.24, 2.45) is 0 Å². The Labute approximate surface area is 122 Å². The van der Waals surface area contributed by atoms with E-state index in [0.29, 0.717) is 22.4 Å². The van der Waals surface area contributed by atoms with Crippen LogP contribution in [0, 0.1) is 0 Å². The van der Waals surface area contributed by atoms with Crippen LogP contribution in [0.1, 0.15) is 21.5 Å². The van der Waals surface area contributed by atoms with Crippen molar-refractivity contribution < 1.29 is 14.3 Å². The van der Waals surface area contributed by atoms with Crippen LogP contribution in [-0.4, -0.2) is 18.9 Å². The maximum atomic E-state index is 12.1. The number of hydrogen-bond donors (Lipinski definition) is 1. The molecule has 0 aromatic heterocycles. The van der Waals surface area contributed by atoms with Gasteiger partial charge in [-0.05, 0) is 35.4 Å². The van der Waals surface area contributed by atoms with Gasteiger partial charge in [0.15, 0.2) is 0 Å². The Hall–Kier alpha value is -2.88. The van der Waals surface area contributed by atoms with E-state index in [0.717, 1.165) is 5.56 Å². The van der Waals surface area contributed by atoms with E-state index in [4.69, 9.17) is 4.74 Å². The van der Waals surface area contributed by atoms with Crippen molar-refractivity contribution in [2.75, 3.05) is 7.11 Å². The highest BCUT2D eigenvalue weighted by atomic mass is 16.5. The highest BCUT2D eigenvalue weighted by Crippen LogP contribution is 2.26. The Morgan fingerprint density at radius 3 is 2.48 bits per heavy atom. The summed E-state index contributed by atoms with van der Waals surface area (Å²) in [4.78, 5) is 23.9. The molecule has 2 aromatic carbocycles. The van der Waals surface area contributed by atoms with Crippen LogP contribution in [-0.2, 0) is 4.79 Å². The Balaban J connectivity index is 2.12. The summed E-state index contributed by atoms with van der Waals surface area (Å²) in [6.45, 7) is 0. The number of benzene rings is 2. The second-order valence-electron chi connectivity index (χ2n) is 4.66. The quantitative estimate of drug-likeness (QED) is 0.679. The highest BCUT2D eigenvalue weighted by molar-refractivity contribution is 6.33. The van der Waals surface area contributed by atoms with Crippen LogP contribution in [0.5, 0.6) is 5.75 Å². The van der Waals surface area contributed by atoms with Gasteiger partial charge in [0, 0.05) is 11.1 Å². The van der Waals surface area contributed by atoms with Gasteiger partial charge in [-0.15, -0.1) is 0 Å². The molecule has 2 aromatic rings. The second kappa shape index (κ2) is 5.25. The minimum absolute atomic E-state index is 0.363. The predicted molar refractivity (Wildman–Crippen MR) is 79.8 cm³/mol. The smallest absolute Gasteiger partial charge is 0.258 e. The van der Waals surface area contributed by atoms with Crippen molar-refractivity contribution in [3.05, 3.63) is 65.2 Å². The third-order valence-electron chi connectivity index (χ3n) is 3.34. The largest absolute Gasteiger partial charge is 0.497 e. The normalized spacial score (nSPS) is 15.6. The zero-order valence-electron chi connectivity index (χ0n) is 11.4. The number of nitrogens with one attached hydrogen (secondary N) is 1. The molecule has 1 aliphatic rings. The Kier molecular flexibility index (Phi) is 3.28. The summed E-state index contributed by atoms with van der Waals surface area (Å²) in [6, 6.07) is 14.5. The number of hydrogen-bond acceptors (Lipinski definition) is 3. The Morgan fingerprint density at radius 2 is 1.71 bits per heavy atom. The number of methoxy groups -OCH3 is 1. The van der Waals surface area contributed by atoms with Crippen LogP contribution >= 0.6 is 0 Å². The van der Waals surface area contributed by atoms with Crippen molar-refractivity contribution in [3.8, 4) is 5.75 Å². The summed E-state index contributed by atoms with van der Waals surface area (Å²) in [5.74, 6) is -0.0372. The topological polar surface area (TPSA) is 55.4 Å². The number of fused-ring (bicyclic) bond motifs is 1. The second-order valence-corrected chi connectivity index (χ2v) is 4.66. The molecular formula is C17H13NO3. The minimum atomic E-state index is -0.387. The number of amides is 2. The molecule has 3 rings (SSSR count). The van der Waals surface area contributed by atoms with Gasteiger partial charge in [-0.2, -0.15) is 0 Å². The first-order valence-corrected chi connectivity index (χ1v) is 6.50. The fourth-order valence-corrected chi connectivity index (χ4v) is 2.32. The molecule has 1 N–H and O–H groups in total. The molecule has 0 aliphatic carbocycles. The fraction of sp³-hybridized carbons (Fsp3) is 0.0588. The van der Waals surface area contributed by atoms with Crippen molar-refractivity contribution in [2.45, 2.75) is 0 Å². The first-order valence-electron chi connectivity index (χ1n) is 6.50. The van der Waals surface area contributed by atoms with E-state index in [1.807, 2.05) is 30.3 Å². The maximum Gasteiger partial charge on any atom is 0.258 e. The Morgan fingerprint density at radius 1 is 0.952 bits per heavy atom. The van der Waals surface area contributed by atoms with E-state index < -0.39 is 0 Å². The molecule has 4 nitrogen and oxygen atoms in total. The molecule has 1 aliphatic heterocycles. The van der Waals surface area contributed by atoms with Gasteiger partial charge < -0.3 is 4.74 Å². The SMILES string of the molecule is COc1cccc(C=C2C(=O)NC(=O)c3ccccc32)c1. The van der Waals surface area contributed by atoms with E-state index in [9.17, 15) is 9.59 Å². The molecule has 0 atom stereocenters. The van der Waals surface area contributed by atoms with Crippen LogP contribution in [0.25, 0.3) is 11.6 Å². The molecule has 2 amide bonds. The first kappa shape index (κ1) is 13.1. The molecule has 0 radical (unpaired) electrons. The number of carbonyl (C=O) groups excluding carboxylic acids is 2. The summed E-state index contributed by atoms with van der Waals surface area (Å²) in [5.41, 5.74) is 2.46. The van der Waals surface area contributed by atoms with Gasteiger partial charge in [0.05, 0.1) is 7.11 Å².